The van der Waals surface area contributed by atoms with Gasteiger partial charge in [-0.05, 0) is 38.3 Å². The third kappa shape index (κ3) is 6.24. The van der Waals surface area contributed by atoms with E-state index >= 15 is 0 Å². The van der Waals surface area contributed by atoms with Gasteiger partial charge in [-0.15, -0.1) is 0 Å². The van der Waals surface area contributed by atoms with E-state index < -0.39 is 6.04 Å². The summed E-state index contributed by atoms with van der Waals surface area (Å²) < 4.78 is 0. The van der Waals surface area contributed by atoms with Gasteiger partial charge in [-0.25, -0.2) is 0 Å². The molecular formula is C23H30N2O2. The Morgan fingerprint density at radius 2 is 1.70 bits per heavy atom. The van der Waals surface area contributed by atoms with Gasteiger partial charge in [-0.1, -0.05) is 66.6 Å². The van der Waals surface area contributed by atoms with E-state index in [1.165, 1.54) is 0 Å². The predicted octanol–water partition coefficient (Wildman–Crippen LogP) is 3.79. The van der Waals surface area contributed by atoms with Gasteiger partial charge in [0.15, 0.2) is 0 Å². The maximum absolute atomic E-state index is 13.1. The van der Waals surface area contributed by atoms with E-state index in [9.17, 15) is 9.59 Å². The molecule has 0 aromatic heterocycles. The van der Waals surface area contributed by atoms with Gasteiger partial charge in [0.1, 0.15) is 6.04 Å². The van der Waals surface area contributed by atoms with Crippen molar-refractivity contribution in [1.82, 2.24) is 10.2 Å². The molecule has 2 aromatic carbocycles. The zero-order valence-electron chi connectivity index (χ0n) is 16.8. The minimum atomic E-state index is -0.519. The lowest BCUT2D eigenvalue weighted by atomic mass is 10.1. The minimum Gasteiger partial charge on any atom is -0.354 e. The average Bonchev–Trinajstić information content (AvgIpc) is 2.65. The summed E-state index contributed by atoms with van der Waals surface area (Å²) in [7, 11) is 0. The summed E-state index contributed by atoms with van der Waals surface area (Å²) in [6.45, 7) is 8.90. The largest absolute Gasteiger partial charge is 0.354 e. The maximum atomic E-state index is 13.1. The molecule has 4 heteroatoms. The van der Waals surface area contributed by atoms with Crippen LogP contribution in [0.3, 0.4) is 0 Å². The van der Waals surface area contributed by atoms with Gasteiger partial charge in [0.05, 0.1) is 6.42 Å². The zero-order valence-corrected chi connectivity index (χ0v) is 16.8. The first kappa shape index (κ1) is 20.7. The molecule has 1 atom stereocenters. The number of hydrogen-bond acceptors (Lipinski definition) is 2. The Bertz CT molecular complexity index is 768. The lowest BCUT2D eigenvalue weighted by molar-refractivity contribution is -0.140. The minimum absolute atomic E-state index is 0.0421. The second-order valence-electron chi connectivity index (χ2n) is 7.14. The van der Waals surface area contributed by atoms with Crippen molar-refractivity contribution in [3.63, 3.8) is 0 Å². The van der Waals surface area contributed by atoms with E-state index in [-0.39, 0.29) is 18.2 Å². The Balaban J connectivity index is 2.20. The third-order valence-corrected chi connectivity index (χ3v) is 4.63. The Morgan fingerprint density at radius 3 is 2.33 bits per heavy atom. The number of nitrogens with zero attached hydrogens (tertiary/aromatic N) is 1. The van der Waals surface area contributed by atoms with Crippen molar-refractivity contribution < 1.29 is 9.59 Å². The highest BCUT2D eigenvalue weighted by atomic mass is 16.2. The van der Waals surface area contributed by atoms with Gasteiger partial charge in [0.2, 0.25) is 11.8 Å². The van der Waals surface area contributed by atoms with Gasteiger partial charge in [-0.3, -0.25) is 9.59 Å². The average molecular weight is 367 g/mol. The molecule has 0 bridgehead atoms. The Morgan fingerprint density at radius 1 is 1.00 bits per heavy atom. The topological polar surface area (TPSA) is 49.4 Å². The molecule has 0 aliphatic carbocycles. The number of nitrogens with one attached hydrogen (secondary N) is 1. The van der Waals surface area contributed by atoms with Crippen molar-refractivity contribution in [2.75, 3.05) is 6.54 Å². The SMILES string of the molecule is CCCNC(=O)[C@H](C)N(Cc1cccc(C)c1)C(=O)Cc1ccc(C)cc1. The summed E-state index contributed by atoms with van der Waals surface area (Å²) in [5.41, 5.74) is 4.29. The van der Waals surface area contributed by atoms with Gasteiger partial charge < -0.3 is 10.2 Å². The highest BCUT2D eigenvalue weighted by Gasteiger charge is 2.26. The van der Waals surface area contributed by atoms with E-state index in [2.05, 4.69) is 11.4 Å². The Hall–Kier alpha value is -2.62. The zero-order chi connectivity index (χ0) is 19.8. The lowest BCUT2D eigenvalue weighted by Gasteiger charge is -2.29. The number of rotatable bonds is 8. The molecule has 0 unspecified atom stereocenters. The van der Waals surface area contributed by atoms with E-state index in [1.807, 2.05) is 63.2 Å². The fourth-order valence-corrected chi connectivity index (χ4v) is 2.97. The fourth-order valence-electron chi connectivity index (χ4n) is 2.97. The summed E-state index contributed by atoms with van der Waals surface area (Å²) in [5, 5.41) is 2.90. The monoisotopic (exact) mass is 366 g/mol. The second-order valence-corrected chi connectivity index (χ2v) is 7.14. The van der Waals surface area contributed by atoms with Crippen molar-refractivity contribution >= 4 is 11.8 Å². The third-order valence-electron chi connectivity index (χ3n) is 4.63. The molecule has 144 valence electrons. The lowest BCUT2D eigenvalue weighted by Crippen LogP contribution is -2.48. The van der Waals surface area contributed by atoms with Crippen LogP contribution < -0.4 is 5.32 Å². The molecule has 0 saturated carbocycles. The van der Waals surface area contributed by atoms with E-state index in [4.69, 9.17) is 0 Å². The Kier molecular flexibility index (Phi) is 7.59. The molecule has 0 spiro atoms. The molecule has 2 amide bonds. The van der Waals surface area contributed by atoms with Crippen LogP contribution in [0.5, 0.6) is 0 Å². The van der Waals surface area contributed by atoms with Crippen molar-refractivity contribution in [2.45, 2.75) is 53.1 Å². The molecule has 0 heterocycles. The molecule has 0 aliphatic rings. The molecule has 4 nitrogen and oxygen atoms in total. The molecule has 27 heavy (non-hydrogen) atoms. The van der Waals surface area contributed by atoms with Gasteiger partial charge >= 0.3 is 0 Å². The van der Waals surface area contributed by atoms with Crippen LogP contribution in [-0.4, -0.2) is 29.3 Å². The maximum Gasteiger partial charge on any atom is 0.242 e. The number of aryl methyl sites for hydroxylation is 2. The van der Waals surface area contributed by atoms with Crippen LogP contribution in [0.4, 0.5) is 0 Å². The van der Waals surface area contributed by atoms with Gasteiger partial charge in [0, 0.05) is 13.1 Å². The van der Waals surface area contributed by atoms with Crippen LogP contribution >= 0.6 is 0 Å². The molecule has 0 fully saturated rings. The first-order valence-corrected chi connectivity index (χ1v) is 9.59. The highest BCUT2D eigenvalue weighted by Crippen LogP contribution is 2.14. The number of amides is 2. The Labute approximate surface area is 162 Å². The molecule has 0 aliphatic heterocycles. The van der Waals surface area contributed by atoms with E-state index in [0.29, 0.717) is 13.1 Å². The standard InChI is InChI=1S/C23H30N2O2/c1-5-13-24-23(27)19(4)25(16-21-8-6-7-18(3)14-21)22(26)15-20-11-9-17(2)10-12-20/h6-12,14,19H,5,13,15-16H2,1-4H3,(H,24,27)/t19-/m0/s1. The number of carbonyl (C=O) groups excluding carboxylic acids is 2. The molecule has 2 rings (SSSR count). The molecule has 1 N–H and O–H groups in total. The number of benzene rings is 2. The van der Waals surface area contributed by atoms with E-state index in [1.54, 1.807) is 11.8 Å². The van der Waals surface area contributed by atoms with Crippen LogP contribution in [0.2, 0.25) is 0 Å². The van der Waals surface area contributed by atoms with Gasteiger partial charge in [0.25, 0.3) is 0 Å². The first-order chi connectivity index (χ1) is 12.9. The van der Waals surface area contributed by atoms with Crippen molar-refractivity contribution in [3.05, 3.63) is 70.8 Å². The summed E-state index contributed by atoms with van der Waals surface area (Å²) in [5.74, 6) is -0.152. The van der Waals surface area contributed by atoms with Crippen molar-refractivity contribution in [3.8, 4) is 0 Å². The summed E-state index contributed by atoms with van der Waals surface area (Å²) in [6.07, 6.45) is 1.16. The summed E-state index contributed by atoms with van der Waals surface area (Å²) in [4.78, 5) is 27.2. The van der Waals surface area contributed by atoms with Crippen LogP contribution in [0.1, 0.15) is 42.5 Å². The quantitative estimate of drug-likeness (QED) is 0.773. The van der Waals surface area contributed by atoms with Gasteiger partial charge in [-0.2, -0.15) is 0 Å². The fraction of sp³-hybridized carbons (Fsp3) is 0.391. The van der Waals surface area contributed by atoms with Crippen LogP contribution in [0, 0.1) is 13.8 Å². The van der Waals surface area contributed by atoms with E-state index in [0.717, 1.165) is 28.7 Å². The highest BCUT2D eigenvalue weighted by molar-refractivity contribution is 5.88. The van der Waals surface area contributed by atoms with Crippen LogP contribution in [0.15, 0.2) is 48.5 Å². The number of carbonyl (C=O) groups is 2. The summed E-state index contributed by atoms with van der Waals surface area (Å²) in [6, 6.07) is 15.5. The summed E-state index contributed by atoms with van der Waals surface area (Å²) >= 11 is 0. The predicted molar refractivity (Wildman–Crippen MR) is 109 cm³/mol. The normalized spacial score (nSPS) is 11.7. The van der Waals surface area contributed by atoms with Crippen molar-refractivity contribution in [2.24, 2.45) is 0 Å². The van der Waals surface area contributed by atoms with Crippen LogP contribution in [-0.2, 0) is 22.6 Å². The second kappa shape index (κ2) is 9.91. The number of hydrogen-bond donors (Lipinski definition) is 1. The van der Waals surface area contributed by atoms with Crippen LogP contribution in [0.25, 0.3) is 0 Å². The molecule has 0 saturated heterocycles. The molecule has 0 radical (unpaired) electrons. The smallest absolute Gasteiger partial charge is 0.242 e. The first-order valence-electron chi connectivity index (χ1n) is 9.59. The van der Waals surface area contributed by atoms with Crippen molar-refractivity contribution in [1.29, 1.82) is 0 Å². The molecule has 2 aromatic rings. The molecular weight excluding hydrogens is 336 g/mol.